The van der Waals surface area contributed by atoms with E-state index in [1.165, 1.54) is 0 Å². The third-order valence-electron chi connectivity index (χ3n) is 5.97. The molecule has 2 aromatic rings. The number of aryl methyl sites for hydroxylation is 1. The van der Waals surface area contributed by atoms with Gasteiger partial charge in [0.15, 0.2) is 0 Å². The second-order valence-electron chi connectivity index (χ2n) is 7.77. The van der Waals surface area contributed by atoms with Gasteiger partial charge in [-0.15, -0.1) is 0 Å². The molecule has 1 saturated heterocycles. The van der Waals surface area contributed by atoms with Crippen LogP contribution in [0.5, 0.6) is 5.75 Å². The number of nitrogens with one attached hydrogen (secondary N) is 2. The van der Waals surface area contributed by atoms with Crippen LogP contribution in [0.3, 0.4) is 0 Å². The Kier molecular flexibility index (Phi) is 5.20. The Labute approximate surface area is 175 Å². The van der Waals surface area contributed by atoms with E-state index >= 15 is 0 Å². The number of carbonyl (C=O) groups is 3. The van der Waals surface area contributed by atoms with Crippen LogP contribution >= 0.6 is 0 Å². The summed E-state index contributed by atoms with van der Waals surface area (Å²) in [5.41, 5.74) is 1.59. The van der Waals surface area contributed by atoms with Crippen LogP contribution < -0.4 is 15.4 Å². The van der Waals surface area contributed by atoms with Crippen LogP contribution in [0.2, 0.25) is 0 Å². The zero-order valence-corrected chi connectivity index (χ0v) is 17.1. The predicted octanol–water partition coefficient (Wildman–Crippen LogP) is 2.48. The van der Waals surface area contributed by atoms with Gasteiger partial charge in [-0.05, 0) is 55.0 Å². The largest absolute Gasteiger partial charge is 0.497 e. The molecule has 7 nitrogen and oxygen atoms in total. The molecule has 1 fully saturated rings. The lowest BCUT2D eigenvalue weighted by Crippen LogP contribution is -2.50. The SMILES string of the molecule is COc1ccc2c(c1)CCCC21NC(=O)N(C(C)C(=O)NCc2ccccc2)C1=O. The molecule has 1 aliphatic carbocycles. The van der Waals surface area contributed by atoms with Gasteiger partial charge in [-0.1, -0.05) is 36.4 Å². The molecule has 0 aromatic heterocycles. The molecule has 1 spiro atoms. The minimum absolute atomic E-state index is 0.335. The zero-order valence-electron chi connectivity index (χ0n) is 17.1. The molecule has 4 rings (SSSR count). The average molecular weight is 407 g/mol. The number of amides is 4. The number of rotatable bonds is 5. The topological polar surface area (TPSA) is 87.7 Å². The van der Waals surface area contributed by atoms with Crippen LogP contribution in [0.1, 0.15) is 36.5 Å². The van der Waals surface area contributed by atoms with Crippen molar-refractivity contribution in [2.75, 3.05) is 7.11 Å². The van der Waals surface area contributed by atoms with Crippen molar-refractivity contribution < 1.29 is 19.1 Å². The molecule has 2 N–H and O–H groups in total. The van der Waals surface area contributed by atoms with Crippen LogP contribution in [0.4, 0.5) is 4.79 Å². The minimum atomic E-state index is -1.12. The molecule has 156 valence electrons. The first-order chi connectivity index (χ1) is 14.5. The number of ether oxygens (including phenoxy) is 1. The van der Waals surface area contributed by atoms with Crippen molar-refractivity contribution in [1.29, 1.82) is 0 Å². The monoisotopic (exact) mass is 407 g/mol. The molecule has 1 aliphatic heterocycles. The van der Waals surface area contributed by atoms with E-state index in [0.29, 0.717) is 18.7 Å². The van der Waals surface area contributed by atoms with Gasteiger partial charge in [0, 0.05) is 6.54 Å². The lowest BCUT2D eigenvalue weighted by atomic mass is 9.76. The number of methoxy groups -OCH3 is 1. The Morgan fingerprint density at radius 3 is 2.73 bits per heavy atom. The fourth-order valence-electron chi connectivity index (χ4n) is 4.35. The molecule has 0 bridgehead atoms. The number of imide groups is 1. The maximum absolute atomic E-state index is 13.5. The number of hydrogen-bond donors (Lipinski definition) is 2. The lowest BCUT2D eigenvalue weighted by Gasteiger charge is -2.34. The van der Waals surface area contributed by atoms with Gasteiger partial charge in [-0.3, -0.25) is 9.59 Å². The summed E-state index contributed by atoms with van der Waals surface area (Å²) in [6, 6.07) is 13.6. The van der Waals surface area contributed by atoms with Crippen molar-refractivity contribution in [3.8, 4) is 5.75 Å². The maximum atomic E-state index is 13.5. The quantitative estimate of drug-likeness (QED) is 0.746. The maximum Gasteiger partial charge on any atom is 0.326 e. The van der Waals surface area contributed by atoms with Crippen molar-refractivity contribution in [1.82, 2.24) is 15.5 Å². The number of carbonyl (C=O) groups excluding carboxylic acids is 3. The number of hydrogen-bond acceptors (Lipinski definition) is 4. The van der Waals surface area contributed by atoms with Crippen LogP contribution in [0.25, 0.3) is 0 Å². The van der Waals surface area contributed by atoms with E-state index in [0.717, 1.165) is 34.4 Å². The summed E-state index contributed by atoms with van der Waals surface area (Å²) < 4.78 is 5.30. The van der Waals surface area contributed by atoms with Crippen molar-refractivity contribution in [2.45, 2.75) is 44.3 Å². The summed E-state index contributed by atoms with van der Waals surface area (Å²) in [4.78, 5) is 40.0. The van der Waals surface area contributed by atoms with Gasteiger partial charge in [-0.25, -0.2) is 9.69 Å². The molecule has 7 heteroatoms. The number of urea groups is 1. The van der Waals surface area contributed by atoms with E-state index in [1.54, 1.807) is 20.1 Å². The third-order valence-corrected chi connectivity index (χ3v) is 5.97. The van der Waals surface area contributed by atoms with E-state index < -0.39 is 17.6 Å². The normalized spacial score (nSPS) is 21.2. The number of fused-ring (bicyclic) bond motifs is 2. The van der Waals surface area contributed by atoms with Crippen molar-refractivity contribution in [2.24, 2.45) is 0 Å². The van der Waals surface area contributed by atoms with Gasteiger partial charge in [0.1, 0.15) is 17.3 Å². The van der Waals surface area contributed by atoms with Crippen molar-refractivity contribution >= 4 is 17.8 Å². The van der Waals surface area contributed by atoms with Crippen molar-refractivity contribution in [3.63, 3.8) is 0 Å². The van der Waals surface area contributed by atoms with E-state index in [-0.39, 0.29) is 11.8 Å². The standard InChI is InChI=1S/C23H25N3O4/c1-15(20(27)24-14-16-7-4-3-5-8-16)26-21(28)23(25-22(26)29)12-6-9-17-13-18(30-2)10-11-19(17)23/h3-5,7-8,10-11,13,15H,6,9,12,14H2,1-2H3,(H,24,27)(H,25,29). The Morgan fingerprint density at radius 2 is 2.00 bits per heavy atom. The molecule has 30 heavy (non-hydrogen) atoms. The highest BCUT2D eigenvalue weighted by Gasteiger charge is 2.56. The smallest absolute Gasteiger partial charge is 0.326 e. The number of nitrogens with zero attached hydrogens (tertiary/aromatic N) is 1. The van der Waals surface area contributed by atoms with E-state index in [2.05, 4.69) is 10.6 Å². The predicted molar refractivity (Wildman–Crippen MR) is 111 cm³/mol. The summed E-state index contributed by atoms with van der Waals surface area (Å²) in [6.07, 6.45) is 2.07. The molecule has 2 aromatic carbocycles. The highest BCUT2D eigenvalue weighted by atomic mass is 16.5. The summed E-state index contributed by atoms with van der Waals surface area (Å²) in [7, 11) is 1.60. The molecule has 4 amide bonds. The highest BCUT2D eigenvalue weighted by Crippen LogP contribution is 2.41. The fraction of sp³-hybridized carbons (Fsp3) is 0.348. The molecule has 1 heterocycles. The Balaban J connectivity index is 1.55. The molecule has 2 unspecified atom stereocenters. The summed E-state index contributed by atoms with van der Waals surface area (Å²) in [6.45, 7) is 1.91. The van der Waals surface area contributed by atoms with Gasteiger partial charge in [0.05, 0.1) is 7.11 Å². The first kappa shape index (κ1) is 19.9. The van der Waals surface area contributed by atoms with Gasteiger partial charge in [-0.2, -0.15) is 0 Å². The van der Waals surface area contributed by atoms with E-state index in [9.17, 15) is 14.4 Å². The third kappa shape index (κ3) is 3.30. The van der Waals surface area contributed by atoms with Crippen LogP contribution in [-0.4, -0.2) is 35.9 Å². The van der Waals surface area contributed by atoms with Crippen LogP contribution in [-0.2, 0) is 28.1 Å². The number of benzene rings is 2. The summed E-state index contributed by atoms with van der Waals surface area (Å²) in [5, 5.41) is 5.70. The summed E-state index contributed by atoms with van der Waals surface area (Å²) >= 11 is 0. The van der Waals surface area contributed by atoms with Crippen LogP contribution in [0.15, 0.2) is 48.5 Å². The minimum Gasteiger partial charge on any atom is -0.497 e. The van der Waals surface area contributed by atoms with Gasteiger partial charge in [0.2, 0.25) is 5.91 Å². The Hall–Kier alpha value is -3.35. The molecule has 0 radical (unpaired) electrons. The molecule has 2 aliphatic rings. The first-order valence-electron chi connectivity index (χ1n) is 10.1. The lowest BCUT2D eigenvalue weighted by molar-refractivity contribution is -0.138. The molecule has 2 atom stereocenters. The summed E-state index contributed by atoms with van der Waals surface area (Å²) in [5.74, 6) is -0.0285. The molecular formula is C23H25N3O4. The van der Waals surface area contributed by atoms with Gasteiger partial charge in [0.25, 0.3) is 5.91 Å². The first-order valence-corrected chi connectivity index (χ1v) is 10.1. The van der Waals surface area contributed by atoms with Crippen LogP contribution in [0, 0.1) is 0 Å². The Morgan fingerprint density at radius 1 is 1.23 bits per heavy atom. The average Bonchev–Trinajstić information content (AvgIpc) is 3.01. The fourth-order valence-corrected chi connectivity index (χ4v) is 4.35. The Bertz CT molecular complexity index is 991. The molecule has 0 saturated carbocycles. The highest BCUT2D eigenvalue weighted by molar-refractivity contribution is 6.10. The van der Waals surface area contributed by atoms with E-state index in [4.69, 9.17) is 4.74 Å². The molecular weight excluding hydrogens is 382 g/mol. The van der Waals surface area contributed by atoms with Crippen molar-refractivity contribution in [3.05, 3.63) is 65.2 Å². The van der Waals surface area contributed by atoms with Gasteiger partial charge < -0.3 is 15.4 Å². The second kappa shape index (κ2) is 7.82. The second-order valence-corrected chi connectivity index (χ2v) is 7.77. The zero-order chi connectivity index (χ0) is 21.3. The van der Waals surface area contributed by atoms with Gasteiger partial charge >= 0.3 is 6.03 Å². The van der Waals surface area contributed by atoms with E-state index in [1.807, 2.05) is 42.5 Å².